The molecule has 0 spiro atoms. The summed E-state index contributed by atoms with van der Waals surface area (Å²) in [6.07, 6.45) is 1.70. The van der Waals surface area contributed by atoms with Crippen LogP contribution in [0.25, 0.3) is 6.08 Å². The predicted octanol–water partition coefficient (Wildman–Crippen LogP) is 4.08. The molecule has 1 heterocycles. The largest absolute Gasteiger partial charge is 0.508 e. The number of aryl methyl sites for hydroxylation is 1. The Morgan fingerprint density at radius 3 is 2.80 bits per heavy atom. The summed E-state index contributed by atoms with van der Waals surface area (Å²) < 4.78 is 6.49. The molecule has 2 aromatic carbocycles. The van der Waals surface area contributed by atoms with E-state index >= 15 is 0 Å². The van der Waals surface area contributed by atoms with E-state index in [1.165, 1.54) is 6.07 Å². The number of carbonyl (C=O) groups is 1. The average molecular weight is 331 g/mol. The van der Waals surface area contributed by atoms with Crippen LogP contribution >= 0.6 is 15.9 Å². The molecule has 0 bridgehead atoms. The van der Waals surface area contributed by atoms with Crippen LogP contribution in [-0.4, -0.2) is 10.9 Å². The van der Waals surface area contributed by atoms with Crippen molar-refractivity contribution in [2.24, 2.45) is 0 Å². The van der Waals surface area contributed by atoms with Gasteiger partial charge in [-0.15, -0.1) is 0 Å². The number of ether oxygens (including phenoxy) is 1. The Kier molecular flexibility index (Phi) is 3.10. The van der Waals surface area contributed by atoms with Gasteiger partial charge in [-0.25, -0.2) is 0 Å². The summed E-state index contributed by atoms with van der Waals surface area (Å²) in [5, 5.41) is 9.56. The molecule has 0 saturated carbocycles. The number of hydrogen-bond donors (Lipinski definition) is 1. The number of fused-ring (bicyclic) bond motifs is 1. The third-order valence-corrected chi connectivity index (χ3v) is 3.59. The molecule has 1 aliphatic heterocycles. The minimum Gasteiger partial charge on any atom is -0.508 e. The highest BCUT2D eigenvalue weighted by Crippen LogP contribution is 2.37. The molecule has 100 valence electrons. The van der Waals surface area contributed by atoms with Crippen LogP contribution in [0, 0.1) is 6.92 Å². The molecule has 0 aliphatic carbocycles. The van der Waals surface area contributed by atoms with Gasteiger partial charge in [-0.1, -0.05) is 28.1 Å². The highest BCUT2D eigenvalue weighted by atomic mass is 79.9. The van der Waals surface area contributed by atoms with E-state index in [4.69, 9.17) is 4.74 Å². The number of ketones is 1. The average Bonchev–Trinajstić information content (AvgIpc) is 2.66. The van der Waals surface area contributed by atoms with Crippen molar-refractivity contribution in [3.05, 3.63) is 63.3 Å². The van der Waals surface area contributed by atoms with E-state index in [1.54, 1.807) is 19.1 Å². The van der Waals surface area contributed by atoms with Crippen LogP contribution in [0.5, 0.6) is 11.5 Å². The normalized spacial score (nSPS) is 15.3. The van der Waals surface area contributed by atoms with Crippen LogP contribution in [0.15, 0.2) is 46.6 Å². The molecule has 2 aromatic rings. The van der Waals surface area contributed by atoms with E-state index in [9.17, 15) is 9.90 Å². The fourth-order valence-electron chi connectivity index (χ4n) is 2.24. The van der Waals surface area contributed by atoms with Gasteiger partial charge in [-0.3, -0.25) is 4.79 Å². The molecule has 3 rings (SSSR count). The van der Waals surface area contributed by atoms with Gasteiger partial charge in [0, 0.05) is 10.5 Å². The van der Waals surface area contributed by atoms with Gasteiger partial charge in [0.1, 0.15) is 11.5 Å². The molecule has 0 radical (unpaired) electrons. The van der Waals surface area contributed by atoms with Crippen molar-refractivity contribution in [2.75, 3.05) is 0 Å². The molecule has 3 nitrogen and oxygen atoms in total. The highest BCUT2D eigenvalue weighted by Gasteiger charge is 2.29. The first-order valence-corrected chi connectivity index (χ1v) is 6.87. The molecule has 20 heavy (non-hydrogen) atoms. The maximum Gasteiger partial charge on any atom is 0.232 e. The first kappa shape index (κ1) is 12.9. The van der Waals surface area contributed by atoms with Crippen LogP contribution in [-0.2, 0) is 0 Å². The summed E-state index contributed by atoms with van der Waals surface area (Å²) in [5.41, 5.74) is 2.10. The highest BCUT2D eigenvalue weighted by molar-refractivity contribution is 9.10. The SMILES string of the molecule is Cc1cc(O)cc2c1C(=O)/C(=C/c1cccc(Br)c1)O2. The number of rotatable bonds is 1. The van der Waals surface area contributed by atoms with Gasteiger partial charge in [0.15, 0.2) is 5.76 Å². The fraction of sp³-hybridized carbons (Fsp3) is 0.0625. The van der Waals surface area contributed by atoms with Gasteiger partial charge in [0.2, 0.25) is 5.78 Å². The van der Waals surface area contributed by atoms with Crippen molar-refractivity contribution in [2.45, 2.75) is 6.92 Å². The van der Waals surface area contributed by atoms with Gasteiger partial charge >= 0.3 is 0 Å². The Morgan fingerprint density at radius 1 is 1.25 bits per heavy atom. The van der Waals surface area contributed by atoms with Crippen LogP contribution < -0.4 is 4.74 Å². The molecule has 0 aromatic heterocycles. The summed E-state index contributed by atoms with van der Waals surface area (Å²) >= 11 is 3.39. The summed E-state index contributed by atoms with van der Waals surface area (Å²) in [6, 6.07) is 10.6. The molecular formula is C16H11BrO3. The van der Waals surface area contributed by atoms with Crippen LogP contribution in [0.3, 0.4) is 0 Å². The fourth-order valence-corrected chi connectivity index (χ4v) is 2.66. The van der Waals surface area contributed by atoms with Crippen LogP contribution in [0.1, 0.15) is 21.5 Å². The van der Waals surface area contributed by atoms with Gasteiger partial charge in [-0.05, 0) is 42.3 Å². The number of benzene rings is 2. The molecule has 0 atom stereocenters. The Bertz CT molecular complexity index is 747. The second-order valence-corrected chi connectivity index (χ2v) is 5.55. The molecule has 0 unspecified atom stereocenters. The summed E-state index contributed by atoms with van der Waals surface area (Å²) in [6.45, 7) is 1.78. The number of aromatic hydroxyl groups is 1. The molecule has 1 aliphatic rings. The zero-order valence-electron chi connectivity index (χ0n) is 10.7. The van der Waals surface area contributed by atoms with Crippen molar-refractivity contribution in [1.29, 1.82) is 0 Å². The van der Waals surface area contributed by atoms with Gasteiger partial charge < -0.3 is 9.84 Å². The number of carbonyl (C=O) groups excluding carboxylic acids is 1. The Morgan fingerprint density at radius 2 is 2.05 bits per heavy atom. The maximum atomic E-state index is 12.3. The second-order valence-electron chi connectivity index (χ2n) is 4.63. The number of allylic oxidation sites excluding steroid dienone is 1. The van der Waals surface area contributed by atoms with Gasteiger partial charge in [0.25, 0.3) is 0 Å². The topological polar surface area (TPSA) is 46.5 Å². The molecule has 0 fully saturated rings. The number of phenols is 1. The standard InChI is InChI=1S/C16H11BrO3/c1-9-5-12(18)8-13-15(9)16(19)14(20-13)7-10-3-2-4-11(17)6-10/h2-8,18H,1H3/b14-7-. The lowest BCUT2D eigenvalue weighted by molar-refractivity contribution is 0.101. The predicted molar refractivity (Wildman–Crippen MR) is 79.9 cm³/mol. The number of hydrogen-bond acceptors (Lipinski definition) is 3. The molecule has 0 amide bonds. The minimum atomic E-state index is -0.155. The first-order chi connectivity index (χ1) is 9.54. The van der Waals surface area contributed by atoms with E-state index < -0.39 is 0 Å². The van der Waals surface area contributed by atoms with E-state index in [0.717, 1.165) is 10.0 Å². The molecule has 4 heteroatoms. The van der Waals surface area contributed by atoms with Crippen molar-refractivity contribution in [1.82, 2.24) is 0 Å². The third kappa shape index (κ3) is 2.23. The lowest BCUT2D eigenvalue weighted by Gasteiger charge is -2.01. The summed E-state index contributed by atoms with van der Waals surface area (Å²) in [7, 11) is 0. The lowest BCUT2D eigenvalue weighted by Crippen LogP contribution is -1.99. The van der Waals surface area contributed by atoms with Crippen molar-refractivity contribution < 1.29 is 14.6 Å². The van der Waals surface area contributed by atoms with E-state index in [1.807, 2.05) is 24.3 Å². The quantitative estimate of drug-likeness (QED) is 0.801. The second kappa shape index (κ2) is 4.80. The van der Waals surface area contributed by atoms with E-state index in [-0.39, 0.29) is 17.3 Å². The summed E-state index contributed by atoms with van der Waals surface area (Å²) in [5.74, 6) is 0.621. The van der Waals surface area contributed by atoms with Gasteiger partial charge in [0.05, 0.1) is 5.56 Å². The smallest absolute Gasteiger partial charge is 0.232 e. The molecule has 1 N–H and O–H groups in total. The zero-order chi connectivity index (χ0) is 14.3. The third-order valence-electron chi connectivity index (χ3n) is 3.10. The number of phenolic OH excluding ortho intramolecular Hbond substituents is 1. The Balaban J connectivity index is 2.04. The molecule has 0 saturated heterocycles. The number of Topliss-reactive ketones (excluding diaryl/α,β-unsaturated/α-hetero) is 1. The van der Waals surface area contributed by atoms with E-state index in [0.29, 0.717) is 16.9 Å². The minimum absolute atomic E-state index is 0.0951. The first-order valence-electron chi connectivity index (χ1n) is 6.08. The number of halogens is 1. The zero-order valence-corrected chi connectivity index (χ0v) is 12.3. The lowest BCUT2D eigenvalue weighted by atomic mass is 10.0. The summed E-state index contributed by atoms with van der Waals surface area (Å²) in [4.78, 5) is 12.3. The van der Waals surface area contributed by atoms with Gasteiger partial charge in [-0.2, -0.15) is 0 Å². The molecular weight excluding hydrogens is 320 g/mol. The maximum absolute atomic E-state index is 12.3. The van der Waals surface area contributed by atoms with Crippen molar-refractivity contribution in [3.63, 3.8) is 0 Å². The van der Waals surface area contributed by atoms with Crippen molar-refractivity contribution in [3.8, 4) is 11.5 Å². The Labute approximate surface area is 124 Å². The van der Waals surface area contributed by atoms with Crippen LogP contribution in [0.4, 0.5) is 0 Å². The monoisotopic (exact) mass is 330 g/mol. The van der Waals surface area contributed by atoms with Crippen LogP contribution in [0.2, 0.25) is 0 Å². The van der Waals surface area contributed by atoms with Crippen molar-refractivity contribution >= 4 is 27.8 Å². The van der Waals surface area contributed by atoms with E-state index in [2.05, 4.69) is 15.9 Å². The Hall–Kier alpha value is -2.07.